The fraction of sp³-hybridized carbons (Fsp3) is 0.400. The molecule has 1 aromatic heterocycles. The third-order valence-corrected chi connectivity index (χ3v) is 3.25. The van der Waals surface area contributed by atoms with Crippen molar-refractivity contribution in [2.75, 3.05) is 12.4 Å². The molecule has 1 aromatic carbocycles. The second kappa shape index (κ2) is 6.99. The number of nitrogens with zero attached hydrogens (tertiary/aromatic N) is 3. The van der Waals surface area contributed by atoms with Gasteiger partial charge in [-0.15, -0.1) is 5.10 Å². The molecule has 0 atom stereocenters. The summed E-state index contributed by atoms with van der Waals surface area (Å²) >= 11 is 0. The Balaban J connectivity index is 2.04. The van der Waals surface area contributed by atoms with Crippen LogP contribution in [0.5, 0.6) is 0 Å². The third kappa shape index (κ3) is 3.88. The normalized spacial score (nSPS) is 10.6. The Bertz CT molecular complexity index is 620. The maximum absolute atomic E-state index is 12.2. The zero-order chi connectivity index (χ0) is 15.2. The number of anilines is 1. The van der Waals surface area contributed by atoms with Crippen LogP contribution in [0.1, 0.15) is 23.7 Å². The lowest BCUT2D eigenvalue weighted by atomic mass is 10.1. The number of hydrogen-bond acceptors (Lipinski definition) is 4. The van der Waals surface area contributed by atoms with Gasteiger partial charge < -0.3 is 10.6 Å². The van der Waals surface area contributed by atoms with E-state index in [0.29, 0.717) is 6.54 Å². The lowest BCUT2D eigenvalue weighted by Crippen LogP contribution is -2.20. The lowest BCUT2D eigenvalue weighted by Gasteiger charge is -2.12. The van der Waals surface area contributed by atoms with E-state index < -0.39 is 0 Å². The van der Waals surface area contributed by atoms with Gasteiger partial charge in [-0.3, -0.25) is 4.79 Å². The quantitative estimate of drug-likeness (QED) is 0.844. The number of rotatable bonds is 6. The van der Waals surface area contributed by atoms with Gasteiger partial charge in [-0.2, -0.15) is 0 Å². The van der Waals surface area contributed by atoms with E-state index in [0.717, 1.165) is 28.9 Å². The molecule has 0 bridgehead atoms. The first-order chi connectivity index (χ1) is 10.1. The third-order valence-electron chi connectivity index (χ3n) is 3.25. The molecule has 2 aromatic rings. The summed E-state index contributed by atoms with van der Waals surface area (Å²) in [6, 6.07) is 6.03. The smallest absolute Gasteiger partial charge is 0.246 e. The van der Waals surface area contributed by atoms with Gasteiger partial charge >= 0.3 is 0 Å². The van der Waals surface area contributed by atoms with Crippen molar-refractivity contribution in [2.24, 2.45) is 0 Å². The Morgan fingerprint density at radius 2 is 2.19 bits per heavy atom. The minimum Gasteiger partial charge on any atom is -0.324 e. The van der Waals surface area contributed by atoms with Gasteiger partial charge in [0.05, 0.1) is 11.9 Å². The van der Waals surface area contributed by atoms with Crippen molar-refractivity contribution in [1.29, 1.82) is 0 Å². The topological polar surface area (TPSA) is 71.8 Å². The van der Waals surface area contributed by atoms with Gasteiger partial charge in [0.1, 0.15) is 6.54 Å². The summed E-state index contributed by atoms with van der Waals surface area (Å²) in [5, 5.41) is 13.9. The fourth-order valence-electron chi connectivity index (χ4n) is 2.21. The summed E-state index contributed by atoms with van der Waals surface area (Å²) in [5.41, 5.74) is 3.92. The molecule has 112 valence electrons. The van der Waals surface area contributed by atoms with E-state index in [1.807, 2.05) is 32.2 Å². The first kappa shape index (κ1) is 15.2. The van der Waals surface area contributed by atoms with E-state index in [4.69, 9.17) is 0 Å². The van der Waals surface area contributed by atoms with E-state index in [-0.39, 0.29) is 12.5 Å². The number of aryl methyl sites for hydroxylation is 2. The van der Waals surface area contributed by atoms with Gasteiger partial charge in [0.15, 0.2) is 0 Å². The fourth-order valence-corrected chi connectivity index (χ4v) is 2.21. The van der Waals surface area contributed by atoms with Crippen molar-refractivity contribution in [3.63, 3.8) is 0 Å². The molecule has 0 fully saturated rings. The number of para-hydroxylation sites is 1. The number of aromatic nitrogens is 3. The van der Waals surface area contributed by atoms with Crippen LogP contribution in [-0.2, 0) is 24.3 Å². The largest absolute Gasteiger partial charge is 0.324 e. The number of benzene rings is 1. The first-order valence-corrected chi connectivity index (χ1v) is 7.06. The van der Waals surface area contributed by atoms with Crippen molar-refractivity contribution in [3.8, 4) is 0 Å². The molecule has 6 heteroatoms. The maximum Gasteiger partial charge on any atom is 0.246 e. The molecule has 1 amide bonds. The number of nitrogens with one attached hydrogen (secondary N) is 2. The molecule has 0 aliphatic rings. The molecule has 0 spiro atoms. The van der Waals surface area contributed by atoms with Crippen molar-refractivity contribution in [1.82, 2.24) is 20.3 Å². The summed E-state index contributed by atoms with van der Waals surface area (Å²) < 4.78 is 1.55. The molecule has 0 saturated heterocycles. The average molecular weight is 287 g/mol. The maximum atomic E-state index is 12.2. The second-order valence-corrected chi connectivity index (χ2v) is 4.95. The summed E-state index contributed by atoms with van der Waals surface area (Å²) in [5.74, 6) is -0.0973. The van der Waals surface area contributed by atoms with Crippen LogP contribution in [0.2, 0.25) is 0 Å². The van der Waals surface area contributed by atoms with Crippen molar-refractivity contribution >= 4 is 11.6 Å². The van der Waals surface area contributed by atoms with Crippen LogP contribution in [0.15, 0.2) is 24.4 Å². The van der Waals surface area contributed by atoms with Crippen molar-refractivity contribution in [2.45, 2.75) is 33.4 Å². The summed E-state index contributed by atoms with van der Waals surface area (Å²) in [4.78, 5) is 12.2. The van der Waals surface area contributed by atoms with E-state index in [1.165, 1.54) is 0 Å². The Morgan fingerprint density at radius 3 is 2.90 bits per heavy atom. The van der Waals surface area contributed by atoms with Crippen LogP contribution in [0.4, 0.5) is 5.69 Å². The van der Waals surface area contributed by atoms with E-state index in [9.17, 15) is 4.79 Å². The molecule has 0 saturated carbocycles. The predicted molar refractivity (Wildman–Crippen MR) is 82.0 cm³/mol. The molecule has 0 aliphatic heterocycles. The van der Waals surface area contributed by atoms with Gasteiger partial charge in [0, 0.05) is 12.2 Å². The summed E-state index contributed by atoms with van der Waals surface area (Å²) in [6.07, 6.45) is 2.65. The molecule has 2 N–H and O–H groups in total. The highest BCUT2D eigenvalue weighted by atomic mass is 16.2. The molecule has 0 aliphatic carbocycles. The molecular formula is C15H21N5O. The van der Waals surface area contributed by atoms with Crippen LogP contribution in [0, 0.1) is 6.92 Å². The van der Waals surface area contributed by atoms with Gasteiger partial charge in [0.25, 0.3) is 0 Å². The Morgan fingerprint density at radius 1 is 1.38 bits per heavy atom. The molecule has 21 heavy (non-hydrogen) atoms. The van der Waals surface area contributed by atoms with Gasteiger partial charge in [0.2, 0.25) is 5.91 Å². The Hall–Kier alpha value is -2.21. The Labute approximate surface area is 124 Å². The van der Waals surface area contributed by atoms with Crippen molar-refractivity contribution < 1.29 is 4.79 Å². The highest BCUT2D eigenvalue weighted by molar-refractivity contribution is 5.92. The molecule has 2 rings (SSSR count). The van der Waals surface area contributed by atoms with E-state index in [1.54, 1.807) is 10.9 Å². The monoisotopic (exact) mass is 287 g/mol. The predicted octanol–water partition coefficient (Wildman–Crippen LogP) is 1.51. The summed E-state index contributed by atoms with van der Waals surface area (Å²) in [7, 11) is 1.84. The molecule has 0 radical (unpaired) electrons. The summed E-state index contributed by atoms with van der Waals surface area (Å²) in [6.45, 7) is 4.87. The standard InChI is InChI=1S/C15H21N5O/c1-4-12-7-5-6-11(2)15(12)17-14(21)10-20-9-13(8-16-3)18-19-20/h5-7,9,16H,4,8,10H2,1-3H3,(H,17,21). The van der Waals surface area contributed by atoms with Gasteiger partial charge in [-0.25, -0.2) is 4.68 Å². The minimum atomic E-state index is -0.0973. The van der Waals surface area contributed by atoms with E-state index in [2.05, 4.69) is 27.9 Å². The highest BCUT2D eigenvalue weighted by Crippen LogP contribution is 2.20. The molecule has 6 nitrogen and oxygen atoms in total. The average Bonchev–Trinajstić information content (AvgIpc) is 2.88. The number of carbonyl (C=O) groups excluding carboxylic acids is 1. The van der Waals surface area contributed by atoms with Crippen LogP contribution in [0.25, 0.3) is 0 Å². The number of hydrogen-bond donors (Lipinski definition) is 2. The van der Waals surface area contributed by atoms with Crippen LogP contribution in [0.3, 0.4) is 0 Å². The second-order valence-electron chi connectivity index (χ2n) is 4.95. The minimum absolute atomic E-state index is 0.0973. The zero-order valence-corrected chi connectivity index (χ0v) is 12.7. The van der Waals surface area contributed by atoms with Crippen molar-refractivity contribution in [3.05, 3.63) is 41.2 Å². The lowest BCUT2D eigenvalue weighted by molar-refractivity contribution is -0.116. The molecular weight excluding hydrogens is 266 g/mol. The number of carbonyl (C=O) groups is 1. The Kier molecular flexibility index (Phi) is 5.05. The van der Waals surface area contributed by atoms with Gasteiger partial charge in [-0.05, 0) is 31.5 Å². The first-order valence-electron chi connectivity index (χ1n) is 7.06. The highest BCUT2D eigenvalue weighted by Gasteiger charge is 2.10. The SMILES string of the molecule is CCc1cccc(C)c1NC(=O)Cn1cc(CNC)nn1. The molecule has 1 heterocycles. The van der Waals surface area contributed by atoms with E-state index >= 15 is 0 Å². The van der Waals surface area contributed by atoms with Gasteiger partial charge in [-0.1, -0.05) is 30.3 Å². The number of amides is 1. The zero-order valence-electron chi connectivity index (χ0n) is 12.7. The van der Waals surface area contributed by atoms with Crippen LogP contribution in [-0.4, -0.2) is 27.9 Å². The van der Waals surface area contributed by atoms with Crippen LogP contribution < -0.4 is 10.6 Å². The molecule has 0 unspecified atom stereocenters. The van der Waals surface area contributed by atoms with Crippen LogP contribution >= 0.6 is 0 Å².